The average Bonchev–Trinajstić information content (AvgIpc) is 2.99. The van der Waals surface area contributed by atoms with Crippen LogP contribution in [0.2, 0.25) is 0 Å². The summed E-state index contributed by atoms with van der Waals surface area (Å²) in [6.45, 7) is 0.500. The highest BCUT2D eigenvalue weighted by molar-refractivity contribution is 7.07. The fraction of sp³-hybridized carbons (Fsp3) is 0.353. The van der Waals surface area contributed by atoms with Crippen molar-refractivity contribution in [3.05, 3.63) is 57.8 Å². The second-order valence-electron chi connectivity index (χ2n) is 5.52. The molecule has 0 bridgehead atoms. The first-order valence-corrected chi connectivity index (χ1v) is 8.33. The van der Waals surface area contributed by atoms with E-state index in [1.807, 2.05) is 23.8 Å². The molecule has 0 aliphatic carbocycles. The molecule has 1 aromatic carbocycles. The van der Waals surface area contributed by atoms with Crippen LogP contribution in [0.5, 0.6) is 0 Å². The average molecular weight is 357 g/mol. The van der Waals surface area contributed by atoms with Gasteiger partial charge in [-0.05, 0) is 53.4 Å². The molecule has 0 fully saturated rings. The molecule has 3 nitrogen and oxygen atoms in total. The number of carbonyl (C=O) groups excluding carboxylic acids is 1. The zero-order valence-electron chi connectivity index (χ0n) is 13.1. The Kier molecular flexibility index (Phi) is 6.39. The second-order valence-corrected chi connectivity index (χ2v) is 6.30. The summed E-state index contributed by atoms with van der Waals surface area (Å²) in [5.74, 6) is -0.208. The van der Waals surface area contributed by atoms with Crippen LogP contribution in [-0.4, -0.2) is 24.7 Å². The van der Waals surface area contributed by atoms with E-state index in [2.05, 4.69) is 10.1 Å². The van der Waals surface area contributed by atoms with Gasteiger partial charge in [-0.15, -0.1) is 0 Å². The smallest absolute Gasteiger partial charge is 0.367 e. The van der Waals surface area contributed by atoms with E-state index in [0.717, 1.165) is 6.42 Å². The highest BCUT2D eigenvalue weighted by Gasteiger charge is 2.27. The van der Waals surface area contributed by atoms with Gasteiger partial charge in [-0.25, -0.2) is 0 Å². The number of rotatable bonds is 7. The summed E-state index contributed by atoms with van der Waals surface area (Å²) in [7, 11) is 0. The SMILES string of the molecule is CC(Cc1ccsc1)NC(=O)c1ccc(COCC(F)(F)F)cc1. The molecule has 7 heteroatoms. The zero-order chi connectivity index (χ0) is 17.6. The summed E-state index contributed by atoms with van der Waals surface area (Å²) < 4.78 is 40.6. The minimum Gasteiger partial charge on any atom is -0.367 e. The van der Waals surface area contributed by atoms with Crippen LogP contribution in [0.4, 0.5) is 13.2 Å². The number of hydrogen-bond donors (Lipinski definition) is 1. The maximum absolute atomic E-state index is 12.2. The molecule has 1 atom stereocenters. The number of alkyl halides is 3. The summed E-state index contributed by atoms with van der Waals surface area (Å²) >= 11 is 1.61. The third-order valence-electron chi connectivity index (χ3n) is 3.25. The Balaban J connectivity index is 1.82. The molecule has 0 radical (unpaired) electrons. The molecule has 2 aromatic rings. The predicted octanol–water partition coefficient (Wildman–Crippen LogP) is 4.19. The fourth-order valence-corrected chi connectivity index (χ4v) is 2.84. The van der Waals surface area contributed by atoms with Crippen molar-refractivity contribution in [3.8, 4) is 0 Å². The predicted molar refractivity (Wildman–Crippen MR) is 87.1 cm³/mol. The van der Waals surface area contributed by atoms with Crippen LogP contribution in [0.25, 0.3) is 0 Å². The van der Waals surface area contributed by atoms with Gasteiger partial charge in [0.25, 0.3) is 5.91 Å². The van der Waals surface area contributed by atoms with Crippen molar-refractivity contribution >= 4 is 17.2 Å². The summed E-state index contributed by atoms with van der Waals surface area (Å²) in [4.78, 5) is 12.2. The van der Waals surface area contributed by atoms with Gasteiger partial charge in [-0.1, -0.05) is 12.1 Å². The van der Waals surface area contributed by atoms with E-state index >= 15 is 0 Å². The molecule has 0 saturated carbocycles. The first kappa shape index (κ1) is 18.5. The molecule has 1 heterocycles. The Hall–Kier alpha value is -1.86. The molecule has 0 aliphatic heterocycles. The number of thiophene rings is 1. The molecule has 1 N–H and O–H groups in total. The maximum atomic E-state index is 12.2. The fourth-order valence-electron chi connectivity index (χ4n) is 2.16. The lowest BCUT2D eigenvalue weighted by atomic mass is 10.1. The van der Waals surface area contributed by atoms with Crippen molar-refractivity contribution in [2.45, 2.75) is 32.2 Å². The van der Waals surface area contributed by atoms with Crippen molar-refractivity contribution in [2.24, 2.45) is 0 Å². The van der Waals surface area contributed by atoms with Crippen LogP contribution in [0.15, 0.2) is 41.1 Å². The summed E-state index contributed by atoms with van der Waals surface area (Å²) in [5.41, 5.74) is 2.22. The Labute approximate surface area is 142 Å². The number of benzene rings is 1. The number of nitrogens with one attached hydrogen (secondary N) is 1. The largest absolute Gasteiger partial charge is 0.411 e. The van der Waals surface area contributed by atoms with Crippen LogP contribution in [0, 0.1) is 0 Å². The van der Waals surface area contributed by atoms with Gasteiger partial charge >= 0.3 is 6.18 Å². The van der Waals surface area contributed by atoms with Gasteiger partial charge in [0, 0.05) is 11.6 Å². The van der Waals surface area contributed by atoms with Crippen molar-refractivity contribution < 1.29 is 22.7 Å². The number of amides is 1. The van der Waals surface area contributed by atoms with E-state index < -0.39 is 12.8 Å². The van der Waals surface area contributed by atoms with Crippen LogP contribution in [0.3, 0.4) is 0 Å². The van der Waals surface area contributed by atoms with Crippen LogP contribution in [-0.2, 0) is 17.8 Å². The van der Waals surface area contributed by atoms with Crippen molar-refractivity contribution in [1.82, 2.24) is 5.32 Å². The topological polar surface area (TPSA) is 38.3 Å². The van der Waals surface area contributed by atoms with Gasteiger partial charge in [-0.2, -0.15) is 24.5 Å². The van der Waals surface area contributed by atoms with Gasteiger partial charge in [0.1, 0.15) is 6.61 Å². The number of ether oxygens (including phenoxy) is 1. The van der Waals surface area contributed by atoms with Crippen LogP contribution < -0.4 is 5.32 Å². The normalized spacial score (nSPS) is 12.8. The molecule has 0 saturated heterocycles. The van der Waals surface area contributed by atoms with E-state index in [-0.39, 0.29) is 18.6 Å². The minimum absolute atomic E-state index is 0.0121. The molecule has 130 valence electrons. The summed E-state index contributed by atoms with van der Waals surface area (Å²) in [6.07, 6.45) is -3.59. The van der Waals surface area contributed by atoms with Crippen molar-refractivity contribution in [1.29, 1.82) is 0 Å². The summed E-state index contributed by atoms with van der Waals surface area (Å²) in [5, 5.41) is 6.93. The van der Waals surface area contributed by atoms with Gasteiger partial charge < -0.3 is 10.1 Å². The molecule has 1 unspecified atom stereocenters. The lowest BCUT2D eigenvalue weighted by molar-refractivity contribution is -0.176. The Morgan fingerprint density at radius 3 is 2.50 bits per heavy atom. The zero-order valence-corrected chi connectivity index (χ0v) is 13.9. The highest BCUT2D eigenvalue weighted by atomic mass is 32.1. The van der Waals surface area contributed by atoms with Gasteiger partial charge in [-0.3, -0.25) is 4.79 Å². The standard InChI is InChI=1S/C17H18F3NO2S/c1-12(8-14-6-7-24-10-14)21-16(22)15-4-2-13(3-5-15)9-23-11-17(18,19)20/h2-7,10,12H,8-9,11H2,1H3,(H,21,22). The Morgan fingerprint density at radius 2 is 1.92 bits per heavy atom. The lowest BCUT2D eigenvalue weighted by Gasteiger charge is -2.13. The van der Waals surface area contributed by atoms with Gasteiger partial charge in [0.15, 0.2) is 0 Å². The number of hydrogen-bond acceptors (Lipinski definition) is 3. The highest BCUT2D eigenvalue weighted by Crippen LogP contribution is 2.16. The third kappa shape index (κ3) is 6.33. The molecule has 0 spiro atoms. The molecule has 24 heavy (non-hydrogen) atoms. The van der Waals surface area contributed by atoms with E-state index in [1.54, 1.807) is 35.6 Å². The molecule has 2 rings (SSSR count). The van der Waals surface area contributed by atoms with E-state index in [4.69, 9.17) is 0 Å². The Morgan fingerprint density at radius 1 is 1.21 bits per heavy atom. The minimum atomic E-state index is -4.33. The molecular formula is C17H18F3NO2S. The summed E-state index contributed by atoms with van der Waals surface area (Å²) in [6, 6.07) is 8.35. The first-order chi connectivity index (χ1) is 11.3. The maximum Gasteiger partial charge on any atom is 0.411 e. The van der Waals surface area contributed by atoms with E-state index in [9.17, 15) is 18.0 Å². The lowest BCUT2D eigenvalue weighted by Crippen LogP contribution is -2.33. The Bertz CT molecular complexity index is 639. The first-order valence-electron chi connectivity index (χ1n) is 7.39. The molecular weight excluding hydrogens is 339 g/mol. The molecule has 0 aliphatic rings. The van der Waals surface area contributed by atoms with Crippen molar-refractivity contribution in [2.75, 3.05) is 6.61 Å². The quantitative estimate of drug-likeness (QED) is 0.807. The van der Waals surface area contributed by atoms with Crippen molar-refractivity contribution in [3.63, 3.8) is 0 Å². The van der Waals surface area contributed by atoms with Crippen LogP contribution in [0.1, 0.15) is 28.4 Å². The van der Waals surface area contributed by atoms with Gasteiger partial charge in [0.05, 0.1) is 6.61 Å². The number of halogens is 3. The van der Waals surface area contributed by atoms with E-state index in [1.165, 1.54) is 5.56 Å². The van der Waals surface area contributed by atoms with Gasteiger partial charge in [0.2, 0.25) is 0 Å². The van der Waals surface area contributed by atoms with Crippen LogP contribution >= 0.6 is 11.3 Å². The molecule has 1 amide bonds. The second kappa shape index (κ2) is 8.30. The van der Waals surface area contributed by atoms with E-state index in [0.29, 0.717) is 11.1 Å². The third-order valence-corrected chi connectivity index (χ3v) is 3.98. The monoisotopic (exact) mass is 357 g/mol. The molecule has 1 aromatic heterocycles. The number of carbonyl (C=O) groups is 1.